The highest BCUT2D eigenvalue weighted by atomic mass is 16.5. The van der Waals surface area contributed by atoms with Gasteiger partial charge in [-0.15, -0.1) is 0 Å². The van der Waals surface area contributed by atoms with E-state index in [9.17, 15) is 4.79 Å². The Hall–Kier alpha value is -0.570. The van der Waals surface area contributed by atoms with Gasteiger partial charge in [0.15, 0.2) is 0 Å². The van der Waals surface area contributed by atoms with Crippen LogP contribution in [0.3, 0.4) is 0 Å². The summed E-state index contributed by atoms with van der Waals surface area (Å²) in [5, 5.41) is 0. The van der Waals surface area contributed by atoms with Gasteiger partial charge in [0.2, 0.25) is 0 Å². The summed E-state index contributed by atoms with van der Waals surface area (Å²) in [6, 6.07) is 0. The molecule has 1 heterocycles. The van der Waals surface area contributed by atoms with Gasteiger partial charge < -0.3 is 9.47 Å². The zero-order valence-electron chi connectivity index (χ0n) is 9.84. The minimum atomic E-state index is -0.0856. The van der Waals surface area contributed by atoms with Crippen molar-refractivity contribution in [1.29, 1.82) is 0 Å². The van der Waals surface area contributed by atoms with Crippen LogP contribution >= 0.6 is 0 Å². The predicted molar refractivity (Wildman–Crippen MR) is 56.4 cm³/mol. The largest absolute Gasteiger partial charge is 0.469 e. The van der Waals surface area contributed by atoms with E-state index >= 15 is 0 Å². The Balaban J connectivity index is 2.22. The Morgan fingerprint density at radius 2 is 2.27 bits per heavy atom. The summed E-state index contributed by atoms with van der Waals surface area (Å²) < 4.78 is 10.4. The van der Waals surface area contributed by atoms with Crippen molar-refractivity contribution in [3.05, 3.63) is 0 Å². The topological polar surface area (TPSA) is 35.5 Å². The van der Waals surface area contributed by atoms with E-state index in [1.165, 1.54) is 20.0 Å². The van der Waals surface area contributed by atoms with E-state index in [0.29, 0.717) is 12.3 Å². The van der Waals surface area contributed by atoms with Crippen molar-refractivity contribution in [2.45, 2.75) is 33.1 Å². The second kappa shape index (κ2) is 3.48. The molecule has 0 aromatic rings. The minimum Gasteiger partial charge on any atom is -0.469 e. The standard InChI is InChI=1S/C12H20O3/c1-11-5-4-9(7-15-8-11)12(11,2)6-10(13)14-3/h9H,4-8H2,1-3H3/t9-,11-,12+/m0/s1. The summed E-state index contributed by atoms with van der Waals surface area (Å²) in [5.41, 5.74) is 0.225. The highest BCUT2D eigenvalue weighted by molar-refractivity contribution is 5.70. The lowest BCUT2D eigenvalue weighted by Crippen LogP contribution is -2.47. The van der Waals surface area contributed by atoms with Crippen LogP contribution in [0.4, 0.5) is 0 Å². The van der Waals surface area contributed by atoms with Gasteiger partial charge in [-0.05, 0) is 29.6 Å². The first-order valence-corrected chi connectivity index (χ1v) is 5.66. The molecule has 1 aliphatic heterocycles. The zero-order chi connectivity index (χ0) is 11.1. The number of carbonyl (C=O) groups excluding carboxylic acids is 1. The first kappa shape index (κ1) is 10.9. The average Bonchev–Trinajstić information content (AvgIpc) is 2.40. The fraction of sp³-hybridized carbons (Fsp3) is 0.917. The summed E-state index contributed by atoms with van der Waals surface area (Å²) in [7, 11) is 1.47. The smallest absolute Gasteiger partial charge is 0.306 e. The second-order valence-electron chi connectivity index (χ2n) is 5.48. The summed E-state index contributed by atoms with van der Waals surface area (Å²) in [6.45, 7) is 6.07. The molecule has 2 fully saturated rings. The van der Waals surface area contributed by atoms with Crippen molar-refractivity contribution in [3.8, 4) is 0 Å². The maximum absolute atomic E-state index is 11.5. The van der Waals surface area contributed by atoms with Gasteiger partial charge in [0, 0.05) is 6.61 Å². The normalized spacial score (nSPS) is 44.1. The summed E-state index contributed by atoms with van der Waals surface area (Å²) in [5.74, 6) is 0.438. The van der Waals surface area contributed by atoms with Crippen molar-refractivity contribution < 1.29 is 14.3 Å². The molecule has 0 unspecified atom stereocenters. The Labute approximate surface area is 91.1 Å². The van der Waals surface area contributed by atoms with Crippen LogP contribution in [0.1, 0.15) is 33.1 Å². The lowest BCUT2D eigenvalue weighted by Gasteiger charge is -2.47. The van der Waals surface area contributed by atoms with Gasteiger partial charge in [0.05, 0.1) is 20.1 Å². The van der Waals surface area contributed by atoms with Crippen LogP contribution < -0.4 is 0 Å². The summed E-state index contributed by atoms with van der Waals surface area (Å²) in [4.78, 5) is 11.5. The lowest BCUT2D eigenvalue weighted by atomic mass is 9.62. The van der Waals surface area contributed by atoms with E-state index in [0.717, 1.165) is 13.2 Å². The van der Waals surface area contributed by atoms with Gasteiger partial charge in [-0.25, -0.2) is 0 Å². The molecule has 2 aliphatic rings. The van der Waals surface area contributed by atoms with Gasteiger partial charge in [0.25, 0.3) is 0 Å². The molecule has 3 nitrogen and oxygen atoms in total. The van der Waals surface area contributed by atoms with Crippen molar-refractivity contribution >= 4 is 5.97 Å². The summed E-state index contributed by atoms with van der Waals surface area (Å²) in [6.07, 6.45) is 2.89. The van der Waals surface area contributed by atoms with Crippen molar-refractivity contribution in [2.75, 3.05) is 20.3 Å². The van der Waals surface area contributed by atoms with E-state index in [1.807, 2.05) is 0 Å². The fourth-order valence-electron chi connectivity index (χ4n) is 3.25. The monoisotopic (exact) mass is 212 g/mol. The molecular weight excluding hydrogens is 192 g/mol. The Morgan fingerprint density at radius 3 is 2.87 bits per heavy atom. The quantitative estimate of drug-likeness (QED) is 0.657. The highest BCUT2D eigenvalue weighted by Gasteiger charge is 2.57. The molecule has 3 atom stereocenters. The van der Waals surface area contributed by atoms with Crippen LogP contribution in [0, 0.1) is 16.7 Å². The molecule has 0 N–H and O–H groups in total. The molecule has 0 aromatic carbocycles. The molecule has 1 aliphatic carbocycles. The van der Waals surface area contributed by atoms with Gasteiger partial charge >= 0.3 is 5.97 Å². The Morgan fingerprint density at radius 1 is 1.53 bits per heavy atom. The SMILES string of the molecule is COC(=O)C[C@]1(C)[C@H]2CC[C@@]1(C)COC2. The van der Waals surface area contributed by atoms with Crippen molar-refractivity contribution in [1.82, 2.24) is 0 Å². The number of hydrogen-bond acceptors (Lipinski definition) is 3. The molecule has 1 saturated heterocycles. The van der Waals surface area contributed by atoms with E-state index in [-0.39, 0.29) is 16.8 Å². The third-order valence-electron chi connectivity index (χ3n) is 4.80. The van der Waals surface area contributed by atoms with Gasteiger partial charge in [-0.2, -0.15) is 0 Å². The number of fused-ring (bicyclic) bond motifs is 2. The zero-order valence-corrected chi connectivity index (χ0v) is 9.84. The van der Waals surface area contributed by atoms with Crippen LogP contribution in [0.5, 0.6) is 0 Å². The van der Waals surface area contributed by atoms with Crippen LogP contribution in [0.25, 0.3) is 0 Å². The second-order valence-corrected chi connectivity index (χ2v) is 5.48. The Kier molecular flexibility index (Phi) is 2.53. The van der Waals surface area contributed by atoms with E-state index in [4.69, 9.17) is 9.47 Å². The number of esters is 1. The maximum Gasteiger partial charge on any atom is 0.306 e. The van der Waals surface area contributed by atoms with E-state index in [1.54, 1.807) is 0 Å². The van der Waals surface area contributed by atoms with Gasteiger partial charge in [-0.1, -0.05) is 13.8 Å². The number of rotatable bonds is 2. The number of methoxy groups -OCH3 is 1. The fourth-order valence-corrected chi connectivity index (χ4v) is 3.25. The first-order chi connectivity index (χ1) is 7.02. The van der Waals surface area contributed by atoms with Crippen molar-refractivity contribution in [2.24, 2.45) is 16.7 Å². The maximum atomic E-state index is 11.5. The predicted octanol–water partition coefficient (Wildman–Crippen LogP) is 2.00. The molecule has 15 heavy (non-hydrogen) atoms. The molecule has 86 valence electrons. The molecule has 0 spiro atoms. The van der Waals surface area contributed by atoms with Crippen LogP contribution in [-0.2, 0) is 14.3 Å². The summed E-state index contributed by atoms with van der Waals surface area (Å²) >= 11 is 0. The lowest BCUT2D eigenvalue weighted by molar-refractivity contribution is -0.154. The molecule has 0 radical (unpaired) electrons. The van der Waals surface area contributed by atoms with Crippen LogP contribution in [0.15, 0.2) is 0 Å². The number of carbonyl (C=O) groups is 1. The van der Waals surface area contributed by atoms with Crippen LogP contribution in [-0.4, -0.2) is 26.3 Å². The molecule has 2 rings (SSSR count). The van der Waals surface area contributed by atoms with Gasteiger partial charge in [0.1, 0.15) is 0 Å². The van der Waals surface area contributed by atoms with Gasteiger partial charge in [-0.3, -0.25) is 4.79 Å². The molecule has 1 saturated carbocycles. The average molecular weight is 212 g/mol. The minimum absolute atomic E-state index is 0.0678. The number of ether oxygens (including phenoxy) is 2. The van der Waals surface area contributed by atoms with Crippen LogP contribution in [0.2, 0.25) is 0 Å². The third kappa shape index (κ3) is 1.48. The number of hydrogen-bond donors (Lipinski definition) is 0. The molecule has 0 amide bonds. The first-order valence-electron chi connectivity index (χ1n) is 5.66. The van der Waals surface area contributed by atoms with E-state index < -0.39 is 0 Å². The highest BCUT2D eigenvalue weighted by Crippen LogP contribution is 2.60. The molecule has 3 heteroatoms. The molecule has 0 aromatic heterocycles. The molecule has 2 bridgehead atoms. The molecular formula is C12H20O3. The Bertz CT molecular complexity index is 272. The van der Waals surface area contributed by atoms with E-state index in [2.05, 4.69) is 13.8 Å². The van der Waals surface area contributed by atoms with Crippen molar-refractivity contribution in [3.63, 3.8) is 0 Å². The third-order valence-corrected chi connectivity index (χ3v) is 4.80.